The minimum atomic E-state index is -2.01. The lowest BCUT2D eigenvalue weighted by atomic mass is 9.78. The van der Waals surface area contributed by atoms with E-state index in [1.165, 1.54) is 71.1 Å². The molecule has 6 saturated heterocycles. The van der Waals surface area contributed by atoms with Crippen molar-refractivity contribution in [1.29, 1.82) is 0 Å². The maximum absolute atomic E-state index is 13.5. The second-order valence-corrected chi connectivity index (χ2v) is 24.8. The van der Waals surface area contributed by atoms with Crippen LogP contribution >= 0.6 is 0 Å². The number of ether oxygens (including phenoxy) is 8. The summed E-state index contributed by atoms with van der Waals surface area (Å²) in [6, 6.07) is 0. The highest BCUT2D eigenvalue weighted by molar-refractivity contribution is 5.76. The normalized spacial score (nSPS) is 38.3. The van der Waals surface area contributed by atoms with Crippen LogP contribution < -0.4 is 0 Å². The molecule has 7 rings (SSSR count). The largest absolute Gasteiger partial charge is 0.479 e. The number of aliphatic carboxylic acids is 1. The van der Waals surface area contributed by atoms with E-state index in [2.05, 4.69) is 53.3 Å². The van der Waals surface area contributed by atoms with E-state index in [0.29, 0.717) is 81.8 Å². The minimum Gasteiger partial charge on any atom is -0.479 e. The van der Waals surface area contributed by atoms with E-state index in [1.54, 1.807) is 0 Å². The van der Waals surface area contributed by atoms with E-state index in [9.17, 15) is 30.0 Å². The molecule has 18 atom stereocenters. The fraction of sp³-hybridized carbons (Fsp3) is 0.869. The molecular weight excluding hydrogens is 957 g/mol. The maximum atomic E-state index is 13.5. The number of hydrogen-bond donors (Lipinski definition) is 4. The highest BCUT2D eigenvalue weighted by Gasteiger charge is 2.56. The molecule has 0 amide bonds. The van der Waals surface area contributed by atoms with Crippen LogP contribution in [0, 0.1) is 23.7 Å². The second kappa shape index (κ2) is 27.3. The topological polar surface area (TPSA) is 189 Å². The zero-order chi connectivity index (χ0) is 54.0. The van der Waals surface area contributed by atoms with Crippen LogP contribution in [0.5, 0.6) is 0 Å². The number of aliphatic hydroxyl groups is 3. The van der Waals surface area contributed by atoms with Crippen molar-refractivity contribution in [1.82, 2.24) is 0 Å². The third kappa shape index (κ3) is 15.6. The molecule has 75 heavy (non-hydrogen) atoms. The number of aliphatic hydroxyl groups excluding tert-OH is 2. The lowest BCUT2D eigenvalue weighted by Crippen LogP contribution is -2.60. The van der Waals surface area contributed by atoms with Gasteiger partial charge in [-0.05, 0) is 102 Å². The van der Waals surface area contributed by atoms with Gasteiger partial charge in [0.15, 0.2) is 23.3 Å². The first-order valence-electron chi connectivity index (χ1n) is 30.0. The first kappa shape index (κ1) is 60.4. The van der Waals surface area contributed by atoms with Gasteiger partial charge in [0.25, 0.3) is 0 Å². The summed E-state index contributed by atoms with van der Waals surface area (Å²) in [5.41, 5.74) is -0.595. The molecule has 14 nitrogen and oxygen atoms in total. The number of carboxylic acid groups (broad SMARTS) is 1. The Morgan fingerprint density at radius 3 is 2.24 bits per heavy atom. The molecule has 0 radical (unpaired) electrons. The molecule has 0 aromatic carbocycles. The van der Waals surface area contributed by atoms with Crippen LogP contribution in [0.1, 0.15) is 222 Å². The van der Waals surface area contributed by atoms with Crippen LogP contribution in [0.2, 0.25) is 0 Å². The lowest BCUT2D eigenvalue weighted by molar-refractivity contribution is -0.334. The number of esters is 1. The summed E-state index contributed by atoms with van der Waals surface area (Å²) in [6.07, 6.45) is 24.5. The molecule has 4 N–H and O–H groups in total. The number of unbranched alkanes of at least 4 members (excludes halogenated alkanes) is 12. The minimum absolute atomic E-state index is 0.0279. The molecule has 6 fully saturated rings. The average molecular weight is 1060 g/mol. The Kier molecular flexibility index (Phi) is 22.0. The summed E-state index contributed by atoms with van der Waals surface area (Å²) in [6.45, 7) is 19.1. The van der Waals surface area contributed by atoms with Gasteiger partial charge in [0, 0.05) is 43.9 Å². The Morgan fingerprint density at radius 2 is 1.56 bits per heavy atom. The van der Waals surface area contributed by atoms with Crippen molar-refractivity contribution in [2.75, 3.05) is 6.61 Å². The molecule has 428 valence electrons. The van der Waals surface area contributed by atoms with Gasteiger partial charge in [-0.2, -0.15) is 0 Å². The van der Waals surface area contributed by atoms with E-state index in [0.717, 1.165) is 50.5 Å². The smallest absolute Gasteiger partial charge is 0.335 e. The van der Waals surface area contributed by atoms with Crippen LogP contribution in [-0.2, 0) is 47.5 Å². The number of fused-ring (bicyclic) bond motifs is 1. The summed E-state index contributed by atoms with van der Waals surface area (Å²) >= 11 is 0. The molecule has 7 heterocycles. The van der Waals surface area contributed by atoms with Crippen molar-refractivity contribution in [3.8, 4) is 0 Å². The Balaban J connectivity index is 0.900. The highest BCUT2D eigenvalue weighted by atomic mass is 16.7. The van der Waals surface area contributed by atoms with Crippen molar-refractivity contribution in [3.63, 3.8) is 0 Å². The maximum Gasteiger partial charge on any atom is 0.335 e. The highest BCUT2D eigenvalue weighted by Crippen LogP contribution is 2.49. The van der Waals surface area contributed by atoms with Gasteiger partial charge < -0.3 is 58.3 Å². The van der Waals surface area contributed by atoms with Crippen LogP contribution in [0.15, 0.2) is 36.0 Å². The van der Waals surface area contributed by atoms with Gasteiger partial charge in [-0.1, -0.05) is 136 Å². The fourth-order valence-corrected chi connectivity index (χ4v) is 13.5. The quantitative estimate of drug-likeness (QED) is 0.0384. The fourth-order valence-electron chi connectivity index (χ4n) is 13.5. The van der Waals surface area contributed by atoms with Gasteiger partial charge >= 0.3 is 11.9 Å². The van der Waals surface area contributed by atoms with Gasteiger partial charge in [0.05, 0.1) is 43.2 Å². The zero-order valence-electron chi connectivity index (χ0n) is 47.2. The van der Waals surface area contributed by atoms with Crippen LogP contribution in [0.3, 0.4) is 0 Å². The molecule has 0 bridgehead atoms. The molecule has 0 aliphatic carbocycles. The van der Waals surface area contributed by atoms with Crippen molar-refractivity contribution in [2.45, 2.75) is 306 Å². The molecule has 0 saturated carbocycles. The molecule has 18 unspecified atom stereocenters. The monoisotopic (exact) mass is 1060 g/mol. The number of hydrogen-bond acceptors (Lipinski definition) is 13. The third-order valence-corrected chi connectivity index (χ3v) is 18.2. The first-order chi connectivity index (χ1) is 35.8. The molecule has 0 aromatic heterocycles. The Bertz CT molecular complexity index is 1900. The molecule has 3 spiro atoms. The molecule has 7 aliphatic heterocycles. The molecule has 0 aromatic rings. The van der Waals surface area contributed by atoms with E-state index in [1.807, 2.05) is 13.0 Å². The van der Waals surface area contributed by atoms with Gasteiger partial charge in [0.2, 0.25) is 5.79 Å². The Labute approximate surface area is 450 Å². The number of carboxylic acids is 1. The van der Waals surface area contributed by atoms with Crippen molar-refractivity contribution in [2.24, 2.45) is 23.7 Å². The van der Waals surface area contributed by atoms with Crippen LogP contribution in [0.4, 0.5) is 0 Å². The number of carbonyl (C=O) groups excluding carboxylic acids is 1. The summed E-state index contributed by atoms with van der Waals surface area (Å²) < 4.78 is 52.8. The van der Waals surface area contributed by atoms with Gasteiger partial charge in [-0.3, -0.25) is 4.79 Å². The summed E-state index contributed by atoms with van der Waals surface area (Å²) in [5, 5.41) is 44.0. The van der Waals surface area contributed by atoms with E-state index >= 15 is 0 Å². The summed E-state index contributed by atoms with van der Waals surface area (Å²) in [5.74, 6) is -4.00. The van der Waals surface area contributed by atoms with Crippen LogP contribution in [-0.4, -0.2) is 123 Å². The standard InChI is InChI=1S/C61H100O14/c1-9-10-11-12-13-14-15-16-17-18-19-20-21-24-52(63)70-51-28-27-47(39-58(8,67)57(65)66)72-61(51)38-40(2)36-50(73-61)41(3)25-26-46-30-32-59(71-46)33-31-49-56(74-59)53(64)45(7)55(69-49)48(62)37-43(5)54-42(4)29-34-60(75-54)44(6)23-22-35-68-60/h25-26,38,41-44,46-51,53-56,62,64,67H,7,9-24,27-37,39H2,1-6,8H3,(H,65,66)/b26-25+. The molecular formula is C61H100O14. The van der Waals surface area contributed by atoms with E-state index in [4.69, 9.17) is 37.9 Å². The van der Waals surface area contributed by atoms with Gasteiger partial charge in [-0.25, -0.2) is 4.79 Å². The lowest BCUT2D eigenvalue weighted by Gasteiger charge is -2.51. The zero-order valence-corrected chi connectivity index (χ0v) is 47.2. The number of carbonyl (C=O) groups is 2. The predicted octanol–water partition coefficient (Wildman–Crippen LogP) is 11.5. The summed E-state index contributed by atoms with van der Waals surface area (Å²) in [4.78, 5) is 25.4. The van der Waals surface area contributed by atoms with Gasteiger partial charge in [-0.15, -0.1) is 0 Å². The second-order valence-electron chi connectivity index (χ2n) is 24.8. The van der Waals surface area contributed by atoms with E-state index in [-0.39, 0.29) is 42.5 Å². The Morgan fingerprint density at radius 1 is 0.880 bits per heavy atom. The number of rotatable bonds is 25. The predicted molar refractivity (Wildman–Crippen MR) is 286 cm³/mol. The SMILES string of the molecule is C=C1C(O)C2OC3(CCC(/C=C/C(C)C4CC(C)=CC5(OC(CC(C)(O)C(=O)O)CCC5OC(=O)CCCCCCCCCCCCCCC)O4)O3)CCC2OC1C(O)CC(C)C1OC2(CCC1C)OCCCC2C. The first-order valence-corrected chi connectivity index (χ1v) is 30.0. The van der Waals surface area contributed by atoms with Crippen molar-refractivity contribution >= 4 is 11.9 Å². The molecule has 7 aliphatic rings. The van der Waals surface area contributed by atoms with Crippen LogP contribution in [0.25, 0.3) is 0 Å². The van der Waals surface area contributed by atoms with Gasteiger partial charge in [0.1, 0.15) is 18.3 Å². The molecule has 14 heteroatoms. The summed E-state index contributed by atoms with van der Waals surface area (Å²) in [7, 11) is 0. The van der Waals surface area contributed by atoms with Crippen molar-refractivity contribution < 1.29 is 67.9 Å². The van der Waals surface area contributed by atoms with E-state index < -0.39 is 71.7 Å². The van der Waals surface area contributed by atoms with Crippen molar-refractivity contribution in [3.05, 3.63) is 36.0 Å². The average Bonchev–Trinajstić information content (AvgIpc) is 3.78. The Hall–Kier alpha value is -2.24. The third-order valence-electron chi connectivity index (χ3n) is 18.2.